The Labute approximate surface area is 146 Å². The Kier molecular flexibility index (Phi) is 5.20. The number of carbonyl (C=O) groups excluding carboxylic acids is 1. The van der Waals surface area contributed by atoms with Crippen molar-refractivity contribution in [1.82, 2.24) is 14.8 Å². The van der Waals surface area contributed by atoms with Gasteiger partial charge in [0.2, 0.25) is 5.91 Å². The highest BCUT2D eigenvalue weighted by molar-refractivity contribution is 7.99. The zero-order valence-electron chi connectivity index (χ0n) is 14.1. The Hall–Kier alpha value is -1.86. The van der Waals surface area contributed by atoms with Gasteiger partial charge in [0, 0.05) is 17.9 Å². The molecule has 1 amide bonds. The van der Waals surface area contributed by atoms with Crippen LogP contribution in [-0.4, -0.2) is 38.1 Å². The number of amides is 1. The van der Waals surface area contributed by atoms with Crippen molar-refractivity contribution in [2.45, 2.75) is 56.2 Å². The van der Waals surface area contributed by atoms with E-state index in [1.54, 1.807) is 18.1 Å². The number of hydrogen-bond donors (Lipinski definition) is 1. The Morgan fingerprint density at radius 3 is 2.79 bits per heavy atom. The van der Waals surface area contributed by atoms with Crippen LogP contribution in [0.15, 0.2) is 35.7 Å². The van der Waals surface area contributed by atoms with Crippen molar-refractivity contribution >= 4 is 23.4 Å². The highest BCUT2D eigenvalue weighted by atomic mass is 32.2. The lowest BCUT2D eigenvalue weighted by atomic mass is 10.1. The molecule has 7 heteroatoms. The van der Waals surface area contributed by atoms with Crippen molar-refractivity contribution < 1.29 is 9.53 Å². The number of hydrogen-bond acceptors (Lipinski definition) is 5. The quantitative estimate of drug-likeness (QED) is 0.920. The predicted octanol–water partition coefficient (Wildman–Crippen LogP) is 3.27. The van der Waals surface area contributed by atoms with Crippen molar-refractivity contribution in [3.05, 3.63) is 30.6 Å². The molecule has 1 unspecified atom stereocenters. The van der Waals surface area contributed by atoms with Gasteiger partial charge in [0.05, 0.1) is 17.9 Å². The van der Waals surface area contributed by atoms with E-state index in [1.807, 2.05) is 28.8 Å². The van der Waals surface area contributed by atoms with Crippen molar-refractivity contribution in [2.75, 3.05) is 5.32 Å². The zero-order valence-corrected chi connectivity index (χ0v) is 14.9. The molecule has 128 valence electrons. The predicted molar refractivity (Wildman–Crippen MR) is 94.6 cm³/mol. The van der Waals surface area contributed by atoms with Crippen LogP contribution < -0.4 is 5.32 Å². The molecule has 1 fully saturated rings. The topological polar surface area (TPSA) is 69.0 Å². The monoisotopic (exact) mass is 346 g/mol. The van der Waals surface area contributed by atoms with Crippen LogP contribution in [-0.2, 0) is 9.53 Å². The fourth-order valence-electron chi connectivity index (χ4n) is 3.01. The van der Waals surface area contributed by atoms with Crippen LogP contribution in [0.5, 0.6) is 0 Å². The van der Waals surface area contributed by atoms with Gasteiger partial charge in [-0.1, -0.05) is 17.8 Å². The first kappa shape index (κ1) is 17.0. The van der Waals surface area contributed by atoms with Crippen LogP contribution >= 0.6 is 11.8 Å². The summed E-state index contributed by atoms with van der Waals surface area (Å²) in [5.74, 6) is -0.0873. The molecule has 1 N–H and O–H groups in total. The maximum Gasteiger partial charge on any atom is 0.221 e. The standard InChI is InChI=1S/C17H22N4O2S/c1-11-7-16(8-12(2)23-11)24-17-20-18-10-21(17)15-6-4-5-14(9-15)19-13(3)22/h4-6,9-12,16H,7-8H2,1-3H3,(H,19,22)/t11-,12+,16?. The minimum absolute atomic E-state index is 0.0873. The zero-order chi connectivity index (χ0) is 17.1. The highest BCUT2D eigenvalue weighted by Gasteiger charge is 2.26. The molecule has 3 rings (SSSR count). The number of thioether (sulfide) groups is 1. The van der Waals surface area contributed by atoms with Gasteiger partial charge in [0.1, 0.15) is 6.33 Å². The second-order valence-corrected chi connectivity index (χ2v) is 7.45. The molecule has 0 aliphatic carbocycles. The van der Waals surface area contributed by atoms with Gasteiger partial charge in [0.25, 0.3) is 0 Å². The van der Waals surface area contributed by atoms with E-state index in [0.29, 0.717) is 5.25 Å². The number of aromatic nitrogens is 3. The van der Waals surface area contributed by atoms with Gasteiger partial charge in [-0.25, -0.2) is 0 Å². The van der Waals surface area contributed by atoms with Crippen molar-refractivity contribution in [3.8, 4) is 5.69 Å². The lowest BCUT2D eigenvalue weighted by molar-refractivity contribution is -0.114. The molecule has 0 spiro atoms. The first-order chi connectivity index (χ1) is 11.5. The minimum Gasteiger partial charge on any atom is -0.375 e. The molecule has 0 bridgehead atoms. The summed E-state index contributed by atoms with van der Waals surface area (Å²) in [5, 5.41) is 12.5. The van der Waals surface area contributed by atoms with E-state index < -0.39 is 0 Å². The first-order valence-electron chi connectivity index (χ1n) is 8.11. The Balaban J connectivity index is 1.79. The van der Waals surface area contributed by atoms with Gasteiger partial charge in [-0.05, 0) is 44.9 Å². The Morgan fingerprint density at radius 2 is 2.08 bits per heavy atom. The molecule has 0 radical (unpaired) electrons. The average Bonchev–Trinajstić information content (AvgIpc) is 2.94. The molecule has 0 saturated carbocycles. The molecular formula is C17H22N4O2S. The number of carbonyl (C=O) groups is 1. The van der Waals surface area contributed by atoms with Crippen LogP contribution in [0.2, 0.25) is 0 Å². The average molecular weight is 346 g/mol. The van der Waals surface area contributed by atoms with Crippen LogP contribution in [0.4, 0.5) is 5.69 Å². The minimum atomic E-state index is -0.0873. The SMILES string of the molecule is CC(=O)Nc1cccc(-n2cnnc2SC2C[C@@H](C)O[C@@H](C)C2)c1. The molecule has 2 aromatic rings. The summed E-state index contributed by atoms with van der Waals surface area (Å²) in [6, 6.07) is 7.68. The Bertz CT molecular complexity index is 708. The van der Waals surface area contributed by atoms with Crippen LogP contribution in [0.1, 0.15) is 33.6 Å². The third-order valence-corrected chi connectivity index (χ3v) is 5.09. The summed E-state index contributed by atoms with van der Waals surface area (Å²) in [6.45, 7) is 5.73. The number of nitrogens with one attached hydrogen (secondary N) is 1. The summed E-state index contributed by atoms with van der Waals surface area (Å²) in [4.78, 5) is 11.2. The number of anilines is 1. The van der Waals surface area contributed by atoms with Crippen molar-refractivity contribution in [3.63, 3.8) is 0 Å². The summed E-state index contributed by atoms with van der Waals surface area (Å²) >= 11 is 1.74. The van der Waals surface area contributed by atoms with Gasteiger partial charge in [0.15, 0.2) is 5.16 Å². The van der Waals surface area contributed by atoms with E-state index >= 15 is 0 Å². The lowest BCUT2D eigenvalue weighted by Crippen LogP contribution is -2.30. The van der Waals surface area contributed by atoms with Crippen molar-refractivity contribution in [2.24, 2.45) is 0 Å². The molecule has 24 heavy (non-hydrogen) atoms. The maximum atomic E-state index is 11.2. The van der Waals surface area contributed by atoms with E-state index in [4.69, 9.17) is 4.74 Å². The van der Waals surface area contributed by atoms with Crippen molar-refractivity contribution in [1.29, 1.82) is 0 Å². The smallest absolute Gasteiger partial charge is 0.221 e. The van der Waals surface area contributed by atoms with E-state index in [9.17, 15) is 4.79 Å². The summed E-state index contributed by atoms with van der Waals surface area (Å²) in [5.41, 5.74) is 1.69. The number of ether oxygens (including phenoxy) is 1. The van der Waals surface area contributed by atoms with Gasteiger partial charge in [-0.2, -0.15) is 0 Å². The largest absolute Gasteiger partial charge is 0.375 e. The van der Waals surface area contributed by atoms with Gasteiger partial charge >= 0.3 is 0 Å². The maximum absolute atomic E-state index is 11.2. The fourth-order valence-corrected chi connectivity index (χ4v) is 4.40. The van der Waals surface area contributed by atoms with Crippen LogP contribution in [0, 0.1) is 0 Å². The van der Waals surface area contributed by atoms with Gasteiger partial charge in [-0.3, -0.25) is 9.36 Å². The summed E-state index contributed by atoms with van der Waals surface area (Å²) in [7, 11) is 0. The fraction of sp³-hybridized carbons (Fsp3) is 0.471. The normalized spacial score (nSPS) is 23.9. The lowest BCUT2D eigenvalue weighted by Gasteiger charge is -2.31. The number of rotatable bonds is 4. The molecule has 1 saturated heterocycles. The number of nitrogens with zero attached hydrogens (tertiary/aromatic N) is 3. The third-order valence-electron chi connectivity index (χ3n) is 3.89. The molecule has 1 aromatic carbocycles. The molecule has 1 aliphatic rings. The molecule has 6 nitrogen and oxygen atoms in total. The summed E-state index contributed by atoms with van der Waals surface area (Å²) < 4.78 is 7.77. The van der Waals surface area contributed by atoms with E-state index in [0.717, 1.165) is 29.4 Å². The summed E-state index contributed by atoms with van der Waals surface area (Å²) in [6.07, 6.45) is 4.26. The molecule has 2 heterocycles. The van der Waals surface area contributed by atoms with E-state index in [1.165, 1.54) is 6.92 Å². The molecular weight excluding hydrogens is 324 g/mol. The van der Waals surface area contributed by atoms with Crippen LogP contribution in [0.25, 0.3) is 5.69 Å². The first-order valence-corrected chi connectivity index (χ1v) is 8.99. The molecule has 1 aromatic heterocycles. The highest BCUT2D eigenvalue weighted by Crippen LogP contribution is 2.34. The second kappa shape index (κ2) is 7.36. The van der Waals surface area contributed by atoms with Crippen LogP contribution in [0.3, 0.4) is 0 Å². The number of benzene rings is 1. The van der Waals surface area contributed by atoms with E-state index in [-0.39, 0.29) is 18.1 Å². The second-order valence-electron chi connectivity index (χ2n) is 6.18. The molecule has 3 atom stereocenters. The van der Waals surface area contributed by atoms with Gasteiger partial charge in [-0.15, -0.1) is 10.2 Å². The Morgan fingerprint density at radius 1 is 1.33 bits per heavy atom. The van der Waals surface area contributed by atoms with E-state index in [2.05, 4.69) is 29.4 Å². The third kappa shape index (κ3) is 4.15. The molecule has 1 aliphatic heterocycles. The van der Waals surface area contributed by atoms with Gasteiger partial charge < -0.3 is 10.1 Å².